The molecule has 23 heavy (non-hydrogen) atoms. The number of amides is 1. The van der Waals surface area contributed by atoms with Crippen molar-refractivity contribution < 1.29 is 14.3 Å². The molecule has 0 aliphatic carbocycles. The van der Waals surface area contributed by atoms with Crippen molar-refractivity contribution in [3.05, 3.63) is 51.2 Å². The summed E-state index contributed by atoms with van der Waals surface area (Å²) in [5.41, 5.74) is 1.68. The van der Waals surface area contributed by atoms with Gasteiger partial charge >= 0.3 is 5.97 Å². The highest BCUT2D eigenvalue weighted by molar-refractivity contribution is 7.99. The molecule has 0 radical (unpaired) electrons. The van der Waals surface area contributed by atoms with Crippen molar-refractivity contribution in [1.82, 2.24) is 0 Å². The van der Waals surface area contributed by atoms with Crippen LogP contribution in [-0.2, 0) is 20.1 Å². The van der Waals surface area contributed by atoms with Crippen molar-refractivity contribution in [2.45, 2.75) is 12.7 Å². The molecule has 0 aliphatic heterocycles. The summed E-state index contributed by atoms with van der Waals surface area (Å²) in [5.74, 6) is 0.148. The van der Waals surface area contributed by atoms with E-state index in [1.165, 1.54) is 23.1 Å². The standard InChI is InChI=1S/C16H16ClNO3S2/c1-11-4-2-3-5-13(11)18-15(19)8-21-16(20)10-22-9-12-6-7-14(17)23-12/h2-7H,8-10H2,1H3,(H,18,19). The predicted molar refractivity (Wildman–Crippen MR) is 96.3 cm³/mol. The lowest BCUT2D eigenvalue weighted by Gasteiger charge is -2.08. The first-order valence-electron chi connectivity index (χ1n) is 6.87. The molecule has 7 heteroatoms. The van der Waals surface area contributed by atoms with Crippen LogP contribution in [0.5, 0.6) is 0 Å². The second-order valence-corrected chi connectivity index (χ2v) is 7.51. The molecule has 0 aliphatic rings. The summed E-state index contributed by atoms with van der Waals surface area (Å²) < 4.78 is 5.70. The fraction of sp³-hybridized carbons (Fsp3) is 0.250. The van der Waals surface area contributed by atoms with E-state index in [-0.39, 0.29) is 18.3 Å². The van der Waals surface area contributed by atoms with Gasteiger partial charge in [0.25, 0.3) is 5.91 Å². The van der Waals surface area contributed by atoms with E-state index in [4.69, 9.17) is 16.3 Å². The van der Waals surface area contributed by atoms with Gasteiger partial charge in [-0.15, -0.1) is 23.1 Å². The van der Waals surface area contributed by atoms with Gasteiger partial charge < -0.3 is 10.1 Å². The number of hydrogen-bond donors (Lipinski definition) is 1. The molecule has 0 unspecified atom stereocenters. The quantitative estimate of drug-likeness (QED) is 0.746. The van der Waals surface area contributed by atoms with E-state index in [9.17, 15) is 9.59 Å². The van der Waals surface area contributed by atoms with Gasteiger partial charge in [-0.25, -0.2) is 0 Å². The number of anilines is 1. The zero-order valence-electron chi connectivity index (χ0n) is 12.5. The number of ether oxygens (including phenoxy) is 1. The summed E-state index contributed by atoms with van der Waals surface area (Å²) in [7, 11) is 0. The van der Waals surface area contributed by atoms with Crippen molar-refractivity contribution in [1.29, 1.82) is 0 Å². The molecular formula is C16H16ClNO3S2. The fourth-order valence-corrected chi connectivity index (χ4v) is 3.77. The minimum Gasteiger partial charge on any atom is -0.455 e. The largest absolute Gasteiger partial charge is 0.455 e. The Morgan fingerprint density at radius 1 is 1.26 bits per heavy atom. The zero-order chi connectivity index (χ0) is 16.7. The Bertz CT molecular complexity index is 687. The van der Waals surface area contributed by atoms with E-state index in [1.807, 2.05) is 37.3 Å². The van der Waals surface area contributed by atoms with Crippen molar-refractivity contribution in [2.24, 2.45) is 0 Å². The van der Waals surface area contributed by atoms with E-state index < -0.39 is 5.97 Å². The van der Waals surface area contributed by atoms with Crippen molar-refractivity contribution >= 4 is 52.3 Å². The summed E-state index contributed by atoms with van der Waals surface area (Å²) in [5, 5.41) is 2.71. The Morgan fingerprint density at radius 2 is 2.04 bits per heavy atom. The van der Waals surface area contributed by atoms with E-state index >= 15 is 0 Å². The number of esters is 1. The van der Waals surface area contributed by atoms with E-state index in [2.05, 4.69) is 5.32 Å². The van der Waals surface area contributed by atoms with Crippen LogP contribution in [0, 0.1) is 6.92 Å². The minimum atomic E-state index is -0.405. The van der Waals surface area contributed by atoms with Gasteiger partial charge in [0, 0.05) is 16.3 Å². The van der Waals surface area contributed by atoms with Crippen LogP contribution in [0.4, 0.5) is 5.69 Å². The molecule has 1 aromatic carbocycles. The maximum Gasteiger partial charge on any atom is 0.316 e. The van der Waals surface area contributed by atoms with Gasteiger partial charge in [-0.05, 0) is 30.7 Å². The number of benzene rings is 1. The third-order valence-electron chi connectivity index (χ3n) is 2.88. The second-order valence-electron chi connectivity index (χ2n) is 4.72. The van der Waals surface area contributed by atoms with Crippen LogP contribution < -0.4 is 5.32 Å². The van der Waals surface area contributed by atoms with Gasteiger partial charge in [0.05, 0.1) is 10.1 Å². The summed E-state index contributed by atoms with van der Waals surface area (Å²) >= 11 is 8.76. The normalized spacial score (nSPS) is 10.3. The summed E-state index contributed by atoms with van der Waals surface area (Å²) in [4.78, 5) is 24.5. The Hall–Kier alpha value is -1.50. The Kier molecular flexibility index (Phi) is 6.95. The molecule has 0 spiro atoms. The lowest BCUT2D eigenvalue weighted by atomic mass is 10.2. The molecule has 1 aromatic heterocycles. The molecule has 1 N–H and O–H groups in total. The van der Waals surface area contributed by atoms with Gasteiger partial charge in [-0.1, -0.05) is 29.8 Å². The average molecular weight is 370 g/mol. The van der Waals surface area contributed by atoms with Crippen LogP contribution in [-0.4, -0.2) is 24.2 Å². The van der Waals surface area contributed by atoms with Crippen LogP contribution in [0.1, 0.15) is 10.4 Å². The first-order chi connectivity index (χ1) is 11.0. The first-order valence-corrected chi connectivity index (χ1v) is 9.22. The van der Waals surface area contributed by atoms with Crippen LogP contribution >= 0.6 is 34.7 Å². The maximum absolute atomic E-state index is 11.8. The van der Waals surface area contributed by atoms with E-state index in [0.717, 1.165) is 20.5 Å². The highest BCUT2D eigenvalue weighted by Crippen LogP contribution is 2.25. The summed E-state index contributed by atoms with van der Waals surface area (Å²) in [6, 6.07) is 11.2. The molecule has 0 atom stereocenters. The predicted octanol–water partition coefficient (Wildman–Crippen LogP) is 4.13. The zero-order valence-corrected chi connectivity index (χ0v) is 14.9. The van der Waals surface area contributed by atoms with Crippen molar-refractivity contribution in [3.63, 3.8) is 0 Å². The molecular weight excluding hydrogens is 354 g/mol. The molecule has 2 aromatic rings. The Morgan fingerprint density at radius 3 is 2.74 bits per heavy atom. The summed E-state index contributed by atoms with van der Waals surface area (Å²) in [6.45, 7) is 1.62. The van der Waals surface area contributed by atoms with E-state index in [1.54, 1.807) is 6.07 Å². The Labute approximate surface area is 148 Å². The average Bonchev–Trinajstić information content (AvgIpc) is 2.93. The first kappa shape index (κ1) is 17.8. The van der Waals surface area contributed by atoms with Crippen molar-refractivity contribution in [2.75, 3.05) is 17.7 Å². The number of aryl methyl sites for hydroxylation is 1. The molecule has 0 fully saturated rings. The number of halogens is 1. The van der Waals surface area contributed by atoms with Gasteiger partial charge in [0.1, 0.15) is 0 Å². The van der Waals surface area contributed by atoms with Crippen LogP contribution in [0.2, 0.25) is 4.34 Å². The molecule has 4 nitrogen and oxygen atoms in total. The van der Waals surface area contributed by atoms with Crippen molar-refractivity contribution in [3.8, 4) is 0 Å². The smallest absolute Gasteiger partial charge is 0.316 e. The SMILES string of the molecule is Cc1ccccc1NC(=O)COC(=O)CSCc1ccc(Cl)s1. The number of carbonyl (C=O) groups is 2. The lowest BCUT2D eigenvalue weighted by molar-refractivity contribution is -0.144. The highest BCUT2D eigenvalue weighted by atomic mass is 35.5. The van der Waals surface area contributed by atoms with Crippen LogP contribution in [0.3, 0.4) is 0 Å². The molecule has 0 saturated heterocycles. The molecule has 1 amide bonds. The number of rotatable bonds is 7. The number of thioether (sulfide) groups is 1. The number of carbonyl (C=O) groups excluding carboxylic acids is 2. The van der Waals surface area contributed by atoms with Gasteiger partial charge in [-0.2, -0.15) is 0 Å². The number of para-hydroxylation sites is 1. The number of nitrogens with one attached hydrogen (secondary N) is 1. The highest BCUT2D eigenvalue weighted by Gasteiger charge is 2.09. The van der Waals surface area contributed by atoms with Crippen LogP contribution in [0.25, 0.3) is 0 Å². The lowest BCUT2D eigenvalue weighted by Crippen LogP contribution is -2.22. The molecule has 122 valence electrons. The molecule has 0 saturated carbocycles. The monoisotopic (exact) mass is 369 g/mol. The van der Waals surface area contributed by atoms with Gasteiger partial charge in [0.2, 0.25) is 0 Å². The second kappa shape index (κ2) is 8.96. The van der Waals surface area contributed by atoms with E-state index in [0.29, 0.717) is 5.75 Å². The Balaban J connectivity index is 1.65. The number of thiophene rings is 1. The molecule has 1 heterocycles. The van der Waals surface area contributed by atoms with Gasteiger partial charge in [-0.3, -0.25) is 9.59 Å². The molecule has 2 rings (SSSR count). The van der Waals surface area contributed by atoms with Gasteiger partial charge in [0.15, 0.2) is 6.61 Å². The fourth-order valence-electron chi connectivity index (χ4n) is 1.75. The number of hydrogen-bond acceptors (Lipinski definition) is 5. The maximum atomic E-state index is 11.8. The topological polar surface area (TPSA) is 55.4 Å². The third kappa shape index (κ3) is 6.25. The minimum absolute atomic E-state index is 0.202. The summed E-state index contributed by atoms with van der Waals surface area (Å²) in [6.07, 6.45) is 0. The van der Waals surface area contributed by atoms with Crippen LogP contribution in [0.15, 0.2) is 36.4 Å². The molecule has 0 bridgehead atoms. The third-order valence-corrected chi connectivity index (χ3v) is 5.25.